The van der Waals surface area contributed by atoms with E-state index in [1.807, 2.05) is 19.1 Å². The highest BCUT2D eigenvalue weighted by atomic mass is 32.2. The fourth-order valence-corrected chi connectivity index (χ4v) is 3.91. The standard InChI is InChI=1S/C22H29NO4S/c1-4-23(15-18-9-6-5-7-10-18)11-8-12-28-21-13-17(2)19(14-20(21)26-3)27-16-22(24)25/h5-7,9-10,13-14H,4,8,11-12,15-16H2,1-3H3,(H,24,25). The third kappa shape index (κ3) is 7.09. The Morgan fingerprint density at radius 3 is 2.57 bits per heavy atom. The van der Waals surface area contributed by atoms with E-state index in [0.717, 1.165) is 42.3 Å². The fourth-order valence-electron chi connectivity index (χ4n) is 2.87. The summed E-state index contributed by atoms with van der Waals surface area (Å²) in [6, 6.07) is 14.3. The van der Waals surface area contributed by atoms with Crippen LogP contribution in [0.1, 0.15) is 24.5 Å². The number of carboxylic acid groups (broad SMARTS) is 1. The van der Waals surface area contributed by atoms with Gasteiger partial charge in [0.1, 0.15) is 11.5 Å². The van der Waals surface area contributed by atoms with Gasteiger partial charge >= 0.3 is 5.97 Å². The molecule has 0 unspecified atom stereocenters. The first kappa shape index (κ1) is 22.1. The highest BCUT2D eigenvalue weighted by Gasteiger charge is 2.11. The van der Waals surface area contributed by atoms with Crippen LogP contribution in [0.4, 0.5) is 0 Å². The van der Waals surface area contributed by atoms with Crippen LogP contribution in [0.15, 0.2) is 47.4 Å². The molecule has 28 heavy (non-hydrogen) atoms. The molecule has 0 aliphatic carbocycles. The molecule has 0 amide bonds. The van der Waals surface area contributed by atoms with Crippen LogP contribution in [0.5, 0.6) is 11.5 Å². The van der Waals surface area contributed by atoms with Gasteiger partial charge in [-0.1, -0.05) is 37.3 Å². The van der Waals surface area contributed by atoms with Gasteiger partial charge in [-0.15, -0.1) is 11.8 Å². The van der Waals surface area contributed by atoms with Crippen LogP contribution in [0.3, 0.4) is 0 Å². The Kier molecular flexibility index (Phi) is 9.17. The van der Waals surface area contributed by atoms with Crippen LogP contribution in [0, 0.1) is 6.92 Å². The van der Waals surface area contributed by atoms with E-state index in [2.05, 4.69) is 36.1 Å². The first-order chi connectivity index (χ1) is 13.5. The minimum atomic E-state index is -0.993. The van der Waals surface area contributed by atoms with E-state index in [9.17, 15) is 4.79 Å². The summed E-state index contributed by atoms with van der Waals surface area (Å²) in [7, 11) is 1.62. The molecule has 0 saturated heterocycles. The van der Waals surface area contributed by atoms with Crippen molar-refractivity contribution in [3.8, 4) is 11.5 Å². The second kappa shape index (κ2) is 11.6. The predicted octanol–water partition coefficient (Wildman–Crippen LogP) is 4.47. The van der Waals surface area contributed by atoms with Gasteiger partial charge in [0.2, 0.25) is 0 Å². The summed E-state index contributed by atoms with van der Waals surface area (Å²) in [6.07, 6.45) is 1.07. The Morgan fingerprint density at radius 1 is 1.18 bits per heavy atom. The first-order valence-corrected chi connectivity index (χ1v) is 10.4. The van der Waals surface area contributed by atoms with Crippen molar-refractivity contribution in [1.29, 1.82) is 0 Å². The number of carbonyl (C=O) groups is 1. The summed E-state index contributed by atoms with van der Waals surface area (Å²) < 4.78 is 10.8. The van der Waals surface area contributed by atoms with E-state index in [1.54, 1.807) is 24.9 Å². The molecule has 0 saturated carbocycles. The molecule has 0 spiro atoms. The van der Waals surface area contributed by atoms with Crippen LogP contribution in [0.25, 0.3) is 0 Å². The lowest BCUT2D eigenvalue weighted by atomic mass is 10.2. The van der Waals surface area contributed by atoms with Crippen molar-refractivity contribution >= 4 is 17.7 Å². The zero-order valence-electron chi connectivity index (χ0n) is 16.8. The van der Waals surface area contributed by atoms with Gasteiger partial charge in [-0.2, -0.15) is 0 Å². The Bertz CT molecular complexity index is 752. The van der Waals surface area contributed by atoms with Crippen molar-refractivity contribution in [2.75, 3.05) is 32.6 Å². The average Bonchev–Trinajstić information content (AvgIpc) is 2.70. The van der Waals surface area contributed by atoms with Crippen LogP contribution in [-0.4, -0.2) is 48.5 Å². The van der Waals surface area contributed by atoms with Gasteiger partial charge in [-0.3, -0.25) is 4.90 Å². The topological polar surface area (TPSA) is 59.0 Å². The lowest BCUT2D eigenvalue weighted by molar-refractivity contribution is -0.139. The zero-order chi connectivity index (χ0) is 20.4. The van der Waals surface area contributed by atoms with Crippen LogP contribution in [0.2, 0.25) is 0 Å². The van der Waals surface area contributed by atoms with Crippen LogP contribution in [-0.2, 0) is 11.3 Å². The Hall–Kier alpha value is -2.18. The highest BCUT2D eigenvalue weighted by molar-refractivity contribution is 7.99. The fraction of sp³-hybridized carbons (Fsp3) is 0.409. The van der Waals surface area contributed by atoms with E-state index in [1.165, 1.54) is 5.56 Å². The second-order valence-corrected chi connectivity index (χ2v) is 7.64. The smallest absolute Gasteiger partial charge is 0.341 e. The number of aliphatic carboxylic acids is 1. The van der Waals surface area contributed by atoms with Gasteiger partial charge in [-0.05, 0) is 49.4 Å². The summed E-state index contributed by atoms with van der Waals surface area (Å²) in [6.45, 7) is 6.79. The van der Waals surface area contributed by atoms with E-state index in [0.29, 0.717) is 11.5 Å². The van der Waals surface area contributed by atoms with Gasteiger partial charge < -0.3 is 14.6 Å². The lowest BCUT2D eigenvalue weighted by Gasteiger charge is -2.20. The molecule has 152 valence electrons. The van der Waals surface area contributed by atoms with Crippen molar-refractivity contribution in [2.24, 2.45) is 0 Å². The van der Waals surface area contributed by atoms with Crippen molar-refractivity contribution in [2.45, 2.75) is 31.7 Å². The van der Waals surface area contributed by atoms with Crippen molar-refractivity contribution in [3.05, 3.63) is 53.6 Å². The number of methoxy groups -OCH3 is 1. The third-order valence-electron chi connectivity index (χ3n) is 4.38. The monoisotopic (exact) mass is 403 g/mol. The molecule has 0 heterocycles. The molecule has 0 radical (unpaired) electrons. The van der Waals surface area contributed by atoms with E-state index in [-0.39, 0.29) is 6.61 Å². The quantitative estimate of drug-likeness (QED) is 0.417. The molecule has 2 aromatic carbocycles. The molecule has 0 fully saturated rings. The SMILES string of the molecule is CCN(CCCSc1cc(C)c(OCC(=O)O)cc1OC)Cc1ccccc1. The van der Waals surface area contributed by atoms with E-state index < -0.39 is 5.97 Å². The van der Waals surface area contributed by atoms with Crippen molar-refractivity contribution < 1.29 is 19.4 Å². The number of aryl methyl sites for hydroxylation is 1. The number of rotatable bonds is 12. The Morgan fingerprint density at radius 2 is 1.93 bits per heavy atom. The number of nitrogens with zero attached hydrogens (tertiary/aromatic N) is 1. The summed E-state index contributed by atoms with van der Waals surface area (Å²) in [5.74, 6) is 1.25. The van der Waals surface area contributed by atoms with Crippen LogP contribution >= 0.6 is 11.8 Å². The van der Waals surface area contributed by atoms with E-state index in [4.69, 9.17) is 14.6 Å². The Labute approximate surface area is 171 Å². The summed E-state index contributed by atoms with van der Waals surface area (Å²) in [5, 5.41) is 8.78. The molecule has 6 heteroatoms. The number of hydrogen-bond acceptors (Lipinski definition) is 5. The average molecular weight is 404 g/mol. The number of hydrogen-bond donors (Lipinski definition) is 1. The molecular weight excluding hydrogens is 374 g/mol. The molecule has 2 aromatic rings. The van der Waals surface area contributed by atoms with Gasteiger partial charge in [0.25, 0.3) is 0 Å². The minimum absolute atomic E-state index is 0.356. The predicted molar refractivity (Wildman–Crippen MR) is 114 cm³/mol. The number of ether oxygens (including phenoxy) is 2. The van der Waals surface area contributed by atoms with Gasteiger partial charge in [0, 0.05) is 17.5 Å². The minimum Gasteiger partial charge on any atom is -0.495 e. The molecule has 2 rings (SSSR count). The number of carboxylic acids is 1. The van der Waals surface area contributed by atoms with Crippen LogP contribution < -0.4 is 9.47 Å². The molecule has 0 aliphatic heterocycles. The third-order valence-corrected chi connectivity index (χ3v) is 5.51. The molecule has 0 aliphatic rings. The number of thioether (sulfide) groups is 1. The second-order valence-electron chi connectivity index (χ2n) is 6.51. The molecule has 0 atom stereocenters. The first-order valence-electron chi connectivity index (χ1n) is 9.45. The number of benzene rings is 2. The maximum Gasteiger partial charge on any atom is 0.341 e. The largest absolute Gasteiger partial charge is 0.495 e. The summed E-state index contributed by atoms with van der Waals surface area (Å²) >= 11 is 1.75. The zero-order valence-corrected chi connectivity index (χ0v) is 17.6. The molecule has 0 bridgehead atoms. The summed E-state index contributed by atoms with van der Waals surface area (Å²) in [5.41, 5.74) is 2.25. The normalized spacial score (nSPS) is 10.9. The van der Waals surface area contributed by atoms with Gasteiger partial charge in [0.15, 0.2) is 6.61 Å². The maximum absolute atomic E-state index is 10.7. The Balaban J connectivity index is 1.87. The highest BCUT2D eigenvalue weighted by Crippen LogP contribution is 2.35. The molecule has 5 nitrogen and oxygen atoms in total. The molecule has 1 N–H and O–H groups in total. The lowest BCUT2D eigenvalue weighted by Crippen LogP contribution is -2.24. The molecule has 0 aromatic heterocycles. The van der Waals surface area contributed by atoms with Crippen molar-refractivity contribution in [3.63, 3.8) is 0 Å². The molecular formula is C22H29NO4S. The van der Waals surface area contributed by atoms with Gasteiger partial charge in [-0.25, -0.2) is 4.79 Å². The van der Waals surface area contributed by atoms with Crippen molar-refractivity contribution in [1.82, 2.24) is 4.90 Å². The summed E-state index contributed by atoms with van der Waals surface area (Å²) in [4.78, 5) is 14.2. The van der Waals surface area contributed by atoms with Gasteiger partial charge in [0.05, 0.1) is 7.11 Å². The van der Waals surface area contributed by atoms with E-state index >= 15 is 0 Å². The maximum atomic E-state index is 10.7.